The van der Waals surface area contributed by atoms with Gasteiger partial charge in [0.2, 0.25) is 5.91 Å². The van der Waals surface area contributed by atoms with Crippen molar-refractivity contribution in [2.45, 2.75) is 38.6 Å². The molecule has 1 amide bonds. The van der Waals surface area contributed by atoms with Gasteiger partial charge in [0.1, 0.15) is 5.82 Å². The number of aromatic nitrogens is 3. The predicted molar refractivity (Wildman–Crippen MR) is 84.5 cm³/mol. The molecule has 5 nitrogen and oxygen atoms in total. The van der Waals surface area contributed by atoms with Gasteiger partial charge in [-0.25, -0.2) is 4.98 Å². The topological polar surface area (TPSA) is 70.7 Å². The number of aryl methyl sites for hydroxylation is 1. The van der Waals surface area contributed by atoms with Gasteiger partial charge in [0.05, 0.1) is 12.0 Å². The van der Waals surface area contributed by atoms with Gasteiger partial charge in [0.15, 0.2) is 5.82 Å². The zero-order valence-corrected chi connectivity index (χ0v) is 13.4. The largest absolute Gasteiger partial charge is 0.348 e. The summed E-state index contributed by atoms with van der Waals surface area (Å²) < 4.78 is 0. The number of H-pyrrole nitrogens is 1. The second-order valence-corrected chi connectivity index (χ2v) is 6.56. The second-order valence-electron chi connectivity index (χ2n) is 6.13. The molecule has 1 aromatic carbocycles. The van der Waals surface area contributed by atoms with Gasteiger partial charge in [0, 0.05) is 5.02 Å². The molecule has 1 aliphatic rings. The standard InChI is InChI=1S/C16H19ClN4O/c1-10-7-16(8-10,12-4-3-5-13(17)6-12)15(22)18-9-14-19-11(2)20-21-14/h3-6,10H,7-9H2,1-2H3,(H,18,22)(H,19,20,21). The lowest BCUT2D eigenvalue weighted by Crippen LogP contribution is -2.52. The van der Waals surface area contributed by atoms with Crippen LogP contribution in [0.5, 0.6) is 0 Å². The third-order valence-electron chi connectivity index (χ3n) is 4.26. The first-order valence-electron chi connectivity index (χ1n) is 7.42. The number of hydrogen-bond donors (Lipinski definition) is 2. The third-order valence-corrected chi connectivity index (χ3v) is 4.49. The summed E-state index contributed by atoms with van der Waals surface area (Å²) in [4.78, 5) is 17.0. The van der Waals surface area contributed by atoms with Gasteiger partial charge in [-0.05, 0) is 43.4 Å². The van der Waals surface area contributed by atoms with E-state index >= 15 is 0 Å². The van der Waals surface area contributed by atoms with Crippen molar-refractivity contribution in [2.24, 2.45) is 5.92 Å². The molecule has 2 aromatic rings. The number of halogens is 1. The first-order valence-corrected chi connectivity index (χ1v) is 7.79. The zero-order valence-electron chi connectivity index (χ0n) is 12.7. The van der Waals surface area contributed by atoms with Crippen molar-refractivity contribution in [3.8, 4) is 0 Å². The van der Waals surface area contributed by atoms with Gasteiger partial charge in [-0.3, -0.25) is 9.89 Å². The monoisotopic (exact) mass is 318 g/mol. The number of carbonyl (C=O) groups is 1. The van der Waals surface area contributed by atoms with Crippen LogP contribution in [0.1, 0.15) is 37.0 Å². The second kappa shape index (κ2) is 5.72. The maximum atomic E-state index is 12.8. The van der Waals surface area contributed by atoms with Crippen molar-refractivity contribution >= 4 is 17.5 Å². The lowest BCUT2D eigenvalue weighted by Gasteiger charge is -2.45. The highest BCUT2D eigenvalue weighted by Gasteiger charge is 2.49. The summed E-state index contributed by atoms with van der Waals surface area (Å²) in [7, 11) is 0. The quantitative estimate of drug-likeness (QED) is 0.910. The summed E-state index contributed by atoms with van der Waals surface area (Å²) in [6.45, 7) is 4.33. The fourth-order valence-corrected chi connectivity index (χ4v) is 3.46. The number of nitrogens with one attached hydrogen (secondary N) is 2. The Morgan fingerprint density at radius 2 is 2.27 bits per heavy atom. The lowest BCUT2D eigenvalue weighted by molar-refractivity contribution is -0.132. The van der Waals surface area contributed by atoms with Gasteiger partial charge in [0.25, 0.3) is 0 Å². The average Bonchev–Trinajstić information content (AvgIpc) is 2.87. The molecule has 0 unspecified atom stereocenters. The molecule has 0 saturated heterocycles. The normalized spacial score (nSPS) is 23.9. The molecule has 1 heterocycles. The van der Waals surface area contributed by atoms with E-state index in [2.05, 4.69) is 27.4 Å². The van der Waals surface area contributed by atoms with Crippen LogP contribution in [0, 0.1) is 12.8 Å². The zero-order chi connectivity index (χ0) is 15.7. The molecule has 6 heteroatoms. The fourth-order valence-electron chi connectivity index (χ4n) is 3.26. The van der Waals surface area contributed by atoms with E-state index in [9.17, 15) is 4.79 Å². The highest BCUT2D eigenvalue weighted by Crippen LogP contribution is 2.48. The minimum atomic E-state index is -0.477. The average molecular weight is 319 g/mol. The van der Waals surface area contributed by atoms with Gasteiger partial charge >= 0.3 is 0 Å². The highest BCUT2D eigenvalue weighted by atomic mass is 35.5. The predicted octanol–water partition coefficient (Wildman–Crippen LogP) is 2.75. The third kappa shape index (κ3) is 2.73. The maximum absolute atomic E-state index is 12.8. The molecule has 2 N–H and O–H groups in total. The first kappa shape index (κ1) is 15.0. The molecule has 0 atom stereocenters. The first-order chi connectivity index (χ1) is 10.5. The Hall–Kier alpha value is -1.88. The minimum Gasteiger partial charge on any atom is -0.348 e. The van der Waals surface area contributed by atoms with Crippen LogP contribution >= 0.6 is 11.6 Å². The Kier molecular flexibility index (Phi) is 3.91. The molecule has 22 heavy (non-hydrogen) atoms. The van der Waals surface area contributed by atoms with E-state index in [1.54, 1.807) is 0 Å². The van der Waals surface area contributed by atoms with Crippen molar-refractivity contribution in [1.82, 2.24) is 20.5 Å². The van der Waals surface area contributed by atoms with Gasteiger partial charge in [-0.2, -0.15) is 5.10 Å². The number of benzene rings is 1. The fraction of sp³-hybridized carbons (Fsp3) is 0.438. The van der Waals surface area contributed by atoms with Gasteiger partial charge in [-0.1, -0.05) is 30.7 Å². The number of amides is 1. The molecule has 1 fully saturated rings. The molecule has 1 aliphatic carbocycles. The van der Waals surface area contributed by atoms with Crippen LogP contribution in [0.2, 0.25) is 5.02 Å². The maximum Gasteiger partial charge on any atom is 0.231 e. The van der Waals surface area contributed by atoms with Gasteiger partial charge < -0.3 is 5.32 Å². The summed E-state index contributed by atoms with van der Waals surface area (Å²) >= 11 is 6.09. The molecular formula is C16H19ClN4O. The molecule has 0 spiro atoms. The van der Waals surface area contributed by atoms with Crippen LogP contribution in [0.15, 0.2) is 24.3 Å². The Balaban J connectivity index is 1.77. The van der Waals surface area contributed by atoms with Crippen molar-refractivity contribution < 1.29 is 4.79 Å². The van der Waals surface area contributed by atoms with E-state index in [0.717, 1.165) is 24.2 Å². The summed E-state index contributed by atoms with van der Waals surface area (Å²) in [6, 6.07) is 7.60. The minimum absolute atomic E-state index is 0.0234. The highest BCUT2D eigenvalue weighted by molar-refractivity contribution is 6.30. The van der Waals surface area contributed by atoms with E-state index in [-0.39, 0.29) is 5.91 Å². The molecule has 1 aromatic heterocycles. The van der Waals surface area contributed by atoms with Crippen LogP contribution in [0.4, 0.5) is 0 Å². The van der Waals surface area contributed by atoms with Crippen molar-refractivity contribution in [1.29, 1.82) is 0 Å². The van der Waals surface area contributed by atoms with Crippen LogP contribution < -0.4 is 5.32 Å². The Morgan fingerprint density at radius 3 is 2.86 bits per heavy atom. The van der Waals surface area contributed by atoms with Crippen LogP contribution in [-0.4, -0.2) is 21.1 Å². The summed E-state index contributed by atoms with van der Waals surface area (Å²) in [5.74, 6) is 1.90. The van der Waals surface area contributed by atoms with Crippen molar-refractivity contribution in [3.63, 3.8) is 0 Å². The molecule has 0 aliphatic heterocycles. The summed E-state index contributed by atoms with van der Waals surface area (Å²) in [6.07, 6.45) is 1.68. The van der Waals surface area contributed by atoms with Crippen LogP contribution in [0.25, 0.3) is 0 Å². The molecule has 1 saturated carbocycles. The van der Waals surface area contributed by atoms with Crippen molar-refractivity contribution in [3.05, 3.63) is 46.5 Å². The van der Waals surface area contributed by atoms with Crippen molar-refractivity contribution in [2.75, 3.05) is 0 Å². The lowest BCUT2D eigenvalue weighted by atomic mass is 9.58. The van der Waals surface area contributed by atoms with Gasteiger partial charge in [-0.15, -0.1) is 0 Å². The molecule has 0 bridgehead atoms. The van der Waals surface area contributed by atoms with E-state index in [1.165, 1.54) is 0 Å². The molecule has 0 radical (unpaired) electrons. The molecule has 3 rings (SSSR count). The number of rotatable bonds is 4. The Bertz CT molecular complexity index is 691. The molecule has 116 valence electrons. The SMILES string of the molecule is Cc1nc(CNC(=O)C2(c3cccc(Cl)c3)CC(C)C2)n[nH]1. The Morgan fingerprint density at radius 1 is 1.50 bits per heavy atom. The molecular weight excluding hydrogens is 300 g/mol. The van der Waals surface area contributed by atoms with Crippen LogP contribution in [-0.2, 0) is 16.8 Å². The smallest absolute Gasteiger partial charge is 0.231 e. The van der Waals surface area contributed by atoms with Crippen LogP contribution in [0.3, 0.4) is 0 Å². The van der Waals surface area contributed by atoms with E-state index in [0.29, 0.717) is 23.3 Å². The van der Waals surface area contributed by atoms with E-state index in [1.807, 2.05) is 31.2 Å². The van der Waals surface area contributed by atoms with E-state index in [4.69, 9.17) is 11.6 Å². The van der Waals surface area contributed by atoms with E-state index < -0.39 is 5.41 Å². The number of aromatic amines is 1. The number of hydrogen-bond acceptors (Lipinski definition) is 3. The summed E-state index contributed by atoms with van der Waals surface area (Å²) in [5.41, 5.74) is 0.511. The number of nitrogens with zero attached hydrogens (tertiary/aromatic N) is 2. The number of carbonyl (C=O) groups excluding carboxylic acids is 1. The summed E-state index contributed by atoms with van der Waals surface area (Å²) in [5, 5.41) is 10.4. The Labute approximate surface area is 134 Å².